The Labute approximate surface area is 135 Å². The van der Waals surface area contributed by atoms with Crippen LogP contribution in [0.4, 0.5) is 0 Å². The molecule has 0 spiro atoms. The van der Waals surface area contributed by atoms with E-state index < -0.39 is 0 Å². The fraction of sp³-hybridized carbons (Fsp3) is 0.632. The summed E-state index contributed by atoms with van der Waals surface area (Å²) in [5.41, 5.74) is 1.72. The first-order valence-electron chi connectivity index (χ1n) is 8.45. The van der Waals surface area contributed by atoms with Gasteiger partial charge < -0.3 is 9.47 Å². The van der Waals surface area contributed by atoms with Crippen LogP contribution in [0.3, 0.4) is 0 Å². The van der Waals surface area contributed by atoms with Crippen LogP contribution in [-0.2, 0) is 9.47 Å². The van der Waals surface area contributed by atoms with Gasteiger partial charge in [0.1, 0.15) is 6.61 Å². The summed E-state index contributed by atoms with van der Waals surface area (Å²) in [6, 6.07) is 7.40. The van der Waals surface area contributed by atoms with Gasteiger partial charge in [-0.05, 0) is 31.4 Å². The molecule has 0 heterocycles. The molecule has 0 fully saturated rings. The van der Waals surface area contributed by atoms with Crippen molar-refractivity contribution in [2.45, 2.75) is 52.9 Å². The van der Waals surface area contributed by atoms with Crippen molar-refractivity contribution in [2.24, 2.45) is 5.92 Å². The first-order valence-corrected chi connectivity index (χ1v) is 8.45. The van der Waals surface area contributed by atoms with Gasteiger partial charge in [-0.3, -0.25) is 0 Å². The maximum Gasteiger partial charge on any atom is 0.338 e. The van der Waals surface area contributed by atoms with Crippen molar-refractivity contribution >= 4 is 5.97 Å². The first kappa shape index (κ1) is 18.7. The average Bonchev–Trinajstić information content (AvgIpc) is 2.51. The quantitative estimate of drug-likeness (QED) is 0.436. The van der Waals surface area contributed by atoms with E-state index in [9.17, 15) is 4.79 Å². The number of benzene rings is 1. The smallest absolute Gasteiger partial charge is 0.338 e. The zero-order valence-electron chi connectivity index (χ0n) is 14.3. The molecule has 124 valence electrons. The second-order valence-electron chi connectivity index (χ2n) is 6.03. The normalized spacial score (nSPS) is 12.1. The van der Waals surface area contributed by atoms with E-state index >= 15 is 0 Å². The minimum absolute atomic E-state index is 0.281. The molecule has 0 radical (unpaired) electrons. The van der Waals surface area contributed by atoms with Crippen LogP contribution in [0.2, 0.25) is 0 Å². The Hall–Kier alpha value is -1.35. The predicted molar refractivity (Wildman–Crippen MR) is 90.2 cm³/mol. The van der Waals surface area contributed by atoms with E-state index in [-0.39, 0.29) is 5.97 Å². The van der Waals surface area contributed by atoms with E-state index in [2.05, 4.69) is 13.8 Å². The van der Waals surface area contributed by atoms with Gasteiger partial charge in [-0.15, -0.1) is 0 Å². The van der Waals surface area contributed by atoms with Gasteiger partial charge in [0.2, 0.25) is 0 Å². The van der Waals surface area contributed by atoms with Crippen LogP contribution in [0.1, 0.15) is 61.9 Å². The van der Waals surface area contributed by atoms with Crippen molar-refractivity contribution in [2.75, 3.05) is 19.8 Å². The van der Waals surface area contributed by atoms with E-state index in [1.807, 2.05) is 19.1 Å². The maximum absolute atomic E-state index is 11.8. The van der Waals surface area contributed by atoms with Crippen LogP contribution in [0, 0.1) is 12.8 Å². The second-order valence-corrected chi connectivity index (χ2v) is 6.03. The van der Waals surface area contributed by atoms with Gasteiger partial charge in [-0.1, -0.05) is 57.2 Å². The number of unbranched alkanes of at least 4 members (excludes halogenated alkanes) is 3. The minimum atomic E-state index is -0.281. The maximum atomic E-state index is 11.8. The number of rotatable bonds is 11. The van der Waals surface area contributed by atoms with Gasteiger partial charge in [0.15, 0.2) is 0 Å². The lowest BCUT2D eigenvalue weighted by Crippen LogP contribution is -2.13. The molecule has 0 aliphatic heterocycles. The Kier molecular flexibility index (Phi) is 9.56. The summed E-state index contributed by atoms with van der Waals surface area (Å²) in [5.74, 6) is 0.292. The molecule has 3 nitrogen and oxygen atoms in total. The van der Waals surface area contributed by atoms with Crippen LogP contribution in [0.25, 0.3) is 0 Å². The third-order valence-corrected chi connectivity index (χ3v) is 3.70. The number of aryl methyl sites for hydroxylation is 1. The standard InChI is InChI=1S/C19H30O3/c1-4-5-6-7-8-17(3)15-21-13-14-22-19(20)18-11-9-16(2)10-12-18/h9-12,17H,4-8,13-15H2,1-3H3. The Bertz CT molecular complexity index is 411. The fourth-order valence-electron chi connectivity index (χ4n) is 2.25. The molecule has 0 aliphatic carbocycles. The zero-order valence-corrected chi connectivity index (χ0v) is 14.3. The van der Waals surface area contributed by atoms with Crippen LogP contribution >= 0.6 is 0 Å². The minimum Gasteiger partial charge on any atom is -0.460 e. The van der Waals surface area contributed by atoms with Crippen molar-refractivity contribution in [3.8, 4) is 0 Å². The lowest BCUT2D eigenvalue weighted by atomic mass is 10.0. The Balaban J connectivity index is 2.05. The molecule has 0 N–H and O–H groups in total. The molecule has 3 heteroatoms. The molecule has 1 aromatic rings. The van der Waals surface area contributed by atoms with Gasteiger partial charge in [0, 0.05) is 6.61 Å². The molecule has 0 saturated heterocycles. The number of ether oxygens (including phenoxy) is 2. The summed E-state index contributed by atoms with van der Waals surface area (Å²) < 4.78 is 10.8. The van der Waals surface area contributed by atoms with Crippen molar-refractivity contribution < 1.29 is 14.3 Å². The van der Waals surface area contributed by atoms with Gasteiger partial charge in [-0.2, -0.15) is 0 Å². The summed E-state index contributed by atoms with van der Waals surface area (Å²) in [4.78, 5) is 11.8. The largest absolute Gasteiger partial charge is 0.460 e. The van der Waals surface area contributed by atoms with Gasteiger partial charge in [0.05, 0.1) is 12.2 Å². The zero-order chi connectivity index (χ0) is 16.2. The highest BCUT2D eigenvalue weighted by atomic mass is 16.6. The summed E-state index contributed by atoms with van der Waals surface area (Å²) in [7, 11) is 0. The third-order valence-electron chi connectivity index (χ3n) is 3.70. The first-order chi connectivity index (χ1) is 10.6. The Morgan fingerprint density at radius 1 is 1.09 bits per heavy atom. The van der Waals surface area contributed by atoms with Gasteiger partial charge in [0.25, 0.3) is 0 Å². The molecule has 1 unspecified atom stereocenters. The number of carbonyl (C=O) groups is 1. The van der Waals surface area contributed by atoms with E-state index in [1.54, 1.807) is 12.1 Å². The third kappa shape index (κ3) is 8.18. The van der Waals surface area contributed by atoms with E-state index in [1.165, 1.54) is 32.1 Å². The van der Waals surface area contributed by atoms with Gasteiger partial charge >= 0.3 is 5.97 Å². The Morgan fingerprint density at radius 3 is 2.50 bits per heavy atom. The molecule has 1 aromatic carbocycles. The molecular formula is C19H30O3. The monoisotopic (exact) mass is 306 g/mol. The molecule has 0 amide bonds. The fourth-order valence-corrected chi connectivity index (χ4v) is 2.25. The highest BCUT2D eigenvalue weighted by Crippen LogP contribution is 2.10. The summed E-state index contributed by atoms with van der Waals surface area (Å²) >= 11 is 0. The second kappa shape index (κ2) is 11.2. The lowest BCUT2D eigenvalue weighted by molar-refractivity contribution is 0.0261. The molecule has 0 saturated carbocycles. The summed E-state index contributed by atoms with van der Waals surface area (Å²) in [5, 5.41) is 0. The van der Waals surface area contributed by atoms with Crippen molar-refractivity contribution in [3.05, 3.63) is 35.4 Å². The number of hydrogen-bond acceptors (Lipinski definition) is 3. The molecule has 22 heavy (non-hydrogen) atoms. The number of hydrogen-bond donors (Lipinski definition) is 0. The SMILES string of the molecule is CCCCCCC(C)COCCOC(=O)c1ccc(C)cc1. The van der Waals surface area contributed by atoms with E-state index in [4.69, 9.17) is 9.47 Å². The average molecular weight is 306 g/mol. The summed E-state index contributed by atoms with van der Waals surface area (Å²) in [6.07, 6.45) is 6.40. The molecule has 0 bridgehead atoms. The van der Waals surface area contributed by atoms with E-state index in [0.717, 1.165) is 12.2 Å². The molecule has 1 atom stereocenters. The van der Waals surface area contributed by atoms with Crippen LogP contribution in [0.15, 0.2) is 24.3 Å². The number of carbonyl (C=O) groups excluding carboxylic acids is 1. The van der Waals surface area contributed by atoms with E-state index in [0.29, 0.717) is 24.7 Å². The van der Waals surface area contributed by atoms with Crippen molar-refractivity contribution in [1.29, 1.82) is 0 Å². The molecule has 0 aliphatic rings. The Morgan fingerprint density at radius 2 is 1.82 bits per heavy atom. The highest BCUT2D eigenvalue weighted by molar-refractivity contribution is 5.89. The van der Waals surface area contributed by atoms with Crippen LogP contribution in [-0.4, -0.2) is 25.8 Å². The molecule has 0 aromatic heterocycles. The van der Waals surface area contributed by atoms with Gasteiger partial charge in [-0.25, -0.2) is 4.79 Å². The van der Waals surface area contributed by atoms with Crippen molar-refractivity contribution in [3.63, 3.8) is 0 Å². The van der Waals surface area contributed by atoms with Crippen LogP contribution in [0.5, 0.6) is 0 Å². The van der Waals surface area contributed by atoms with Crippen molar-refractivity contribution in [1.82, 2.24) is 0 Å². The molecule has 1 rings (SSSR count). The van der Waals surface area contributed by atoms with Crippen LogP contribution < -0.4 is 0 Å². The predicted octanol–water partition coefficient (Wildman–Crippen LogP) is 4.77. The highest BCUT2D eigenvalue weighted by Gasteiger charge is 2.06. The topological polar surface area (TPSA) is 35.5 Å². The summed E-state index contributed by atoms with van der Waals surface area (Å²) in [6.45, 7) is 7.96. The lowest BCUT2D eigenvalue weighted by Gasteiger charge is -2.12. The number of esters is 1. The molecular weight excluding hydrogens is 276 g/mol.